The van der Waals surface area contributed by atoms with Gasteiger partial charge in [0.2, 0.25) is 0 Å². The second-order valence-electron chi connectivity index (χ2n) is 5.18. The van der Waals surface area contributed by atoms with Crippen LogP contribution in [0.15, 0.2) is 42.6 Å². The van der Waals surface area contributed by atoms with Crippen LogP contribution < -0.4 is 0 Å². The normalized spacial score (nSPS) is 13.2. The molecule has 3 heterocycles. The number of aryl methyl sites for hydroxylation is 2. The van der Waals surface area contributed by atoms with Crippen LogP contribution in [0.4, 0.5) is 0 Å². The van der Waals surface area contributed by atoms with Crippen LogP contribution in [0.1, 0.15) is 11.3 Å². The first-order valence-corrected chi connectivity index (χ1v) is 6.64. The molecule has 2 aromatic heterocycles. The fourth-order valence-electron chi connectivity index (χ4n) is 3.37. The van der Waals surface area contributed by atoms with E-state index < -0.39 is 0 Å². The van der Waals surface area contributed by atoms with Gasteiger partial charge in [0, 0.05) is 37.5 Å². The molecule has 0 amide bonds. The molecule has 0 saturated carbocycles. The number of imidazole rings is 1. The number of pyridine rings is 1. The number of benzene rings is 2. The molecule has 20 heavy (non-hydrogen) atoms. The minimum absolute atomic E-state index is 0. The standard InChI is InChI=1S/C17H11N2.Ir/c1-2-6-15-13(5-1)14-7-3-4-11-8-9-12-10-18-17(15)19(12)16(11)14;/h1-5,7,10H,8-9H2;/q-1;. The van der Waals surface area contributed by atoms with Gasteiger partial charge in [0.25, 0.3) is 0 Å². The molecule has 1 radical (unpaired) electrons. The van der Waals surface area contributed by atoms with Gasteiger partial charge in [-0.15, -0.1) is 29.7 Å². The second kappa shape index (κ2) is 4.14. The molecule has 0 aliphatic carbocycles. The molecule has 0 unspecified atom stereocenters. The Balaban J connectivity index is 0.00000106. The van der Waals surface area contributed by atoms with Crippen LogP contribution in [0.3, 0.4) is 0 Å². The van der Waals surface area contributed by atoms with Crippen LogP contribution in [0.25, 0.3) is 27.3 Å². The summed E-state index contributed by atoms with van der Waals surface area (Å²) >= 11 is 0. The van der Waals surface area contributed by atoms with E-state index in [0.717, 1.165) is 23.9 Å². The van der Waals surface area contributed by atoms with Crippen molar-refractivity contribution in [3.05, 3.63) is 59.9 Å². The van der Waals surface area contributed by atoms with Crippen molar-refractivity contribution in [3.8, 4) is 0 Å². The van der Waals surface area contributed by atoms with Gasteiger partial charge in [-0.05, 0) is 23.8 Å². The van der Waals surface area contributed by atoms with Crippen molar-refractivity contribution < 1.29 is 20.1 Å². The van der Waals surface area contributed by atoms with Gasteiger partial charge in [0.05, 0.1) is 5.65 Å². The van der Waals surface area contributed by atoms with E-state index in [-0.39, 0.29) is 20.1 Å². The van der Waals surface area contributed by atoms with Gasteiger partial charge in [-0.3, -0.25) is 4.98 Å². The summed E-state index contributed by atoms with van der Waals surface area (Å²) in [7, 11) is 0. The first-order chi connectivity index (χ1) is 9.43. The molecule has 0 spiro atoms. The summed E-state index contributed by atoms with van der Waals surface area (Å²) in [4.78, 5) is 4.63. The average molecular weight is 436 g/mol. The van der Waals surface area contributed by atoms with Gasteiger partial charge in [-0.2, -0.15) is 0 Å². The maximum atomic E-state index is 4.63. The molecular weight excluding hydrogens is 424 g/mol. The number of hydrogen-bond donors (Lipinski definition) is 0. The Hall–Kier alpha value is -1.70. The van der Waals surface area contributed by atoms with Gasteiger partial charge in [-0.1, -0.05) is 23.6 Å². The summed E-state index contributed by atoms with van der Waals surface area (Å²) in [6.07, 6.45) is 4.21. The summed E-state index contributed by atoms with van der Waals surface area (Å²) < 4.78 is 2.33. The SMILES string of the molecule is [Ir].[c-]1cccc2c1c1ncc3n1c1c(cccc21)CC3. The number of rotatable bonds is 0. The number of hydrogen-bond acceptors (Lipinski definition) is 1. The zero-order chi connectivity index (χ0) is 12.4. The third kappa shape index (κ3) is 1.34. The molecular formula is C17H11IrN2-. The van der Waals surface area contributed by atoms with E-state index in [0.29, 0.717) is 0 Å². The van der Waals surface area contributed by atoms with Gasteiger partial charge in [-0.25, -0.2) is 0 Å². The molecule has 1 aliphatic heterocycles. The van der Waals surface area contributed by atoms with Gasteiger partial charge >= 0.3 is 0 Å². The van der Waals surface area contributed by atoms with E-state index in [1.165, 1.54) is 27.5 Å². The summed E-state index contributed by atoms with van der Waals surface area (Å²) in [6, 6.07) is 16.2. The molecule has 1 aliphatic rings. The van der Waals surface area contributed by atoms with Crippen LogP contribution in [0.5, 0.6) is 0 Å². The first kappa shape index (κ1) is 12.1. The quantitative estimate of drug-likeness (QED) is 0.305. The van der Waals surface area contributed by atoms with Crippen LogP contribution in [0, 0.1) is 6.07 Å². The van der Waals surface area contributed by atoms with Gasteiger partial charge < -0.3 is 4.40 Å². The van der Waals surface area contributed by atoms with Crippen molar-refractivity contribution in [2.45, 2.75) is 12.8 Å². The van der Waals surface area contributed by atoms with Crippen molar-refractivity contribution in [2.75, 3.05) is 0 Å². The van der Waals surface area contributed by atoms with Gasteiger partial charge in [0.15, 0.2) is 0 Å². The molecule has 2 nitrogen and oxygen atoms in total. The van der Waals surface area contributed by atoms with E-state index in [1.54, 1.807) is 0 Å². The van der Waals surface area contributed by atoms with E-state index in [1.807, 2.05) is 12.3 Å². The maximum absolute atomic E-state index is 4.63. The van der Waals surface area contributed by atoms with Crippen LogP contribution >= 0.6 is 0 Å². The third-order valence-corrected chi connectivity index (χ3v) is 4.20. The van der Waals surface area contributed by atoms with Crippen molar-refractivity contribution in [1.29, 1.82) is 0 Å². The van der Waals surface area contributed by atoms with Crippen molar-refractivity contribution >= 4 is 27.3 Å². The summed E-state index contributed by atoms with van der Waals surface area (Å²) in [6.45, 7) is 0. The minimum Gasteiger partial charge on any atom is -0.337 e. The Bertz CT molecular complexity index is 969. The molecule has 3 heteroatoms. The molecule has 0 bridgehead atoms. The monoisotopic (exact) mass is 436 g/mol. The number of fused-ring (bicyclic) bond motifs is 3. The molecule has 5 rings (SSSR count). The molecule has 0 N–H and O–H groups in total. The number of para-hydroxylation sites is 1. The molecule has 99 valence electrons. The van der Waals surface area contributed by atoms with E-state index in [2.05, 4.69) is 45.8 Å². The Morgan fingerprint density at radius 1 is 1.05 bits per heavy atom. The van der Waals surface area contributed by atoms with Crippen LogP contribution in [-0.4, -0.2) is 9.38 Å². The summed E-state index contributed by atoms with van der Waals surface area (Å²) in [5.74, 6) is 0. The van der Waals surface area contributed by atoms with Crippen molar-refractivity contribution in [3.63, 3.8) is 0 Å². The van der Waals surface area contributed by atoms with Crippen molar-refractivity contribution in [2.24, 2.45) is 0 Å². The maximum Gasteiger partial charge on any atom is 0.0610 e. The zero-order valence-corrected chi connectivity index (χ0v) is 13.1. The van der Waals surface area contributed by atoms with Crippen LogP contribution in [-0.2, 0) is 32.9 Å². The first-order valence-electron chi connectivity index (χ1n) is 6.64. The zero-order valence-electron chi connectivity index (χ0n) is 10.7. The fraction of sp³-hybridized carbons (Fsp3) is 0.118. The molecule has 2 aromatic carbocycles. The summed E-state index contributed by atoms with van der Waals surface area (Å²) in [5, 5.41) is 3.70. The number of nitrogens with zero attached hydrogens (tertiary/aromatic N) is 2. The second-order valence-corrected chi connectivity index (χ2v) is 5.18. The topological polar surface area (TPSA) is 17.3 Å². The van der Waals surface area contributed by atoms with Crippen molar-refractivity contribution in [1.82, 2.24) is 9.38 Å². The van der Waals surface area contributed by atoms with Crippen LogP contribution in [0.2, 0.25) is 0 Å². The Kier molecular flexibility index (Phi) is 2.50. The Morgan fingerprint density at radius 2 is 1.95 bits per heavy atom. The third-order valence-electron chi connectivity index (χ3n) is 4.20. The molecule has 0 fully saturated rings. The predicted octanol–water partition coefficient (Wildman–Crippen LogP) is 3.54. The van der Waals surface area contributed by atoms with E-state index in [9.17, 15) is 0 Å². The fourth-order valence-corrected chi connectivity index (χ4v) is 3.37. The summed E-state index contributed by atoms with van der Waals surface area (Å²) in [5.41, 5.74) is 5.13. The smallest absolute Gasteiger partial charge is 0.0610 e. The van der Waals surface area contributed by atoms with Gasteiger partial charge in [0.1, 0.15) is 0 Å². The van der Waals surface area contributed by atoms with E-state index >= 15 is 0 Å². The Morgan fingerprint density at radius 3 is 2.90 bits per heavy atom. The largest absolute Gasteiger partial charge is 0.337 e. The predicted molar refractivity (Wildman–Crippen MR) is 76.4 cm³/mol. The minimum atomic E-state index is 0. The average Bonchev–Trinajstić information content (AvgIpc) is 2.91. The molecule has 4 aromatic rings. The van der Waals surface area contributed by atoms with E-state index in [4.69, 9.17) is 0 Å². The Labute approximate surface area is 129 Å². The molecule has 0 saturated heterocycles. The molecule has 0 atom stereocenters. The number of aromatic nitrogens is 2.